The zero-order chi connectivity index (χ0) is 29.7. The molecule has 1 unspecified atom stereocenters. The molecule has 3 heterocycles. The van der Waals surface area contributed by atoms with Gasteiger partial charge >= 0.3 is 5.97 Å². The van der Waals surface area contributed by atoms with Crippen molar-refractivity contribution in [3.8, 4) is 22.8 Å². The lowest BCUT2D eigenvalue weighted by Gasteiger charge is -2.51. The highest BCUT2D eigenvalue weighted by Crippen LogP contribution is 2.48. The Labute approximate surface area is 253 Å². The van der Waals surface area contributed by atoms with E-state index >= 15 is 4.39 Å². The van der Waals surface area contributed by atoms with Crippen molar-refractivity contribution in [2.24, 2.45) is 17.8 Å². The minimum absolute atomic E-state index is 0.00468. The molecule has 4 aliphatic rings. The van der Waals surface area contributed by atoms with E-state index < -0.39 is 11.9 Å². The Hall–Kier alpha value is -3.45. The monoisotopic (exact) mass is 584 g/mol. The van der Waals surface area contributed by atoms with Crippen molar-refractivity contribution < 1.29 is 23.8 Å². The molecule has 1 aromatic heterocycles. The summed E-state index contributed by atoms with van der Waals surface area (Å²) >= 11 is 0. The molecule has 1 saturated heterocycles. The number of aryl methyl sites for hydroxylation is 1. The number of hydrogen-bond acceptors (Lipinski definition) is 5. The quantitative estimate of drug-likeness (QED) is 0.280. The Kier molecular flexibility index (Phi) is 7.62. The zero-order valence-electron chi connectivity index (χ0n) is 25.1. The molecule has 6 nitrogen and oxygen atoms in total. The topological polar surface area (TPSA) is 71.9 Å². The van der Waals surface area contributed by atoms with Gasteiger partial charge in [0.05, 0.1) is 19.2 Å². The van der Waals surface area contributed by atoms with Crippen LogP contribution in [-0.4, -0.2) is 40.7 Å². The third-order valence-electron chi connectivity index (χ3n) is 10.5. The molecule has 3 fully saturated rings. The molecule has 7 rings (SSSR count). The van der Waals surface area contributed by atoms with Gasteiger partial charge in [-0.05, 0) is 90.2 Å². The largest absolute Gasteiger partial charge is 0.485 e. The molecule has 1 N–H and O–H groups in total. The second kappa shape index (κ2) is 11.6. The molecule has 5 atom stereocenters. The molecule has 0 spiro atoms. The van der Waals surface area contributed by atoms with Crippen LogP contribution >= 0.6 is 0 Å². The maximum atomic E-state index is 15.2. The van der Waals surface area contributed by atoms with Gasteiger partial charge in [0.15, 0.2) is 0 Å². The number of nitrogens with zero attached hydrogens (tertiary/aromatic N) is 2. The Balaban J connectivity index is 1.19. The third-order valence-corrected chi connectivity index (χ3v) is 10.5. The van der Waals surface area contributed by atoms with E-state index in [1.54, 1.807) is 13.2 Å². The summed E-state index contributed by atoms with van der Waals surface area (Å²) in [6.45, 7) is 3.70. The molecule has 226 valence electrons. The van der Waals surface area contributed by atoms with Crippen LogP contribution in [0.3, 0.4) is 0 Å². The van der Waals surface area contributed by atoms with Gasteiger partial charge in [-0.2, -0.15) is 0 Å². The summed E-state index contributed by atoms with van der Waals surface area (Å²) in [5, 5.41) is 9.78. The number of aliphatic carboxylic acids is 1. The van der Waals surface area contributed by atoms with E-state index in [1.807, 2.05) is 13.0 Å². The second-order valence-corrected chi connectivity index (χ2v) is 13.2. The average Bonchev–Trinajstić information content (AvgIpc) is 3.85. The number of rotatable bonds is 9. The lowest BCUT2D eigenvalue weighted by Crippen LogP contribution is -2.56. The standard InChI is InChI=1S/C36H41FN2O4/c1-21(36(40)41)35(23-8-9-23)25-10-7-22-12-14-32(43-33(22)16-25)24-11-13-28(29-17-34(42-2)38-18-30(29)37)27(15-24)20-39-19-26-5-3-4-6-31(26)39/h7,10-11,13,15-18,21,23,26,31-32,35H,3-6,8-9,12,14,19-20H2,1-2H3,(H,40,41)/t21-,26?,31+,32-,35-/m0/s1. The van der Waals surface area contributed by atoms with Gasteiger partial charge in [0.2, 0.25) is 5.88 Å². The van der Waals surface area contributed by atoms with Crippen molar-refractivity contribution in [3.63, 3.8) is 0 Å². The lowest BCUT2D eigenvalue weighted by molar-refractivity contribution is -0.142. The maximum Gasteiger partial charge on any atom is 0.306 e. The zero-order valence-corrected chi connectivity index (χ0v) is 25.1. The van der Waals surface area contributed by atoms with Crippen LogP contribution in [0.2, 0.25) is 0 Å². The van der Waals surface area contributed by atoms with Crippen LogP contribution in [0, 0.1) is 23.6 Å². The van der Waals surface area contributed by atoms with E-state index in [0.29, 0.717) is 23.4 Å². The van der Waals surface area contributed by atoms with Crippen LogP contribution in [0.4, 0.5) is 4.39 Å². The van der Waals surface area contributed by atoms with Gasteiger partial charge in [0.25, 0.3) is 0 Å². The highest BCUT2D eigenvalue weighted by molar-refractivity contribution is 5.71. The fraction of sp³-hybridized carbons (Fsp3) is 0.500. The SMILES string of the molecule is COc1cc(-c2ccc([C@@H]3CCc4ccc([C@H](C5CC5)[C@H](C)C(=O)O)cc4O3)cc2CN2CC3CCCC[C@H]32)c(F)cn1. The van der Waals surface area contributed by atoms with E-state index in [0.717, 1.165) is 72.7 Å². The van der Waals surface area contributed by atoms with E-state index in [2.05, 4.69) is 40.2 Å². The highest BCUT2D eigenvalue weighted by Gasteiger charge is 2.41. The summed E-state index contributed by atoms with van der Waals surface area (Å²) in [5.41, 5.74) is 5.80. The van der Waals surface area contributed by atoms with Gasteiger partial charge in [-0.3, -0.25) is 9.69 Å². The summed E-state index contributed by atoms with van der Waals surface area (Å²) in [5.74, 6) is 0.941. The summed E-state index contributed by atoms with van der Waals surface area (Å²) < 4.78 is 27.2. The van der Waals surface area contributed by atoms with E-state index in [1.165, 1.54) is 37.4 Å². The fourth-order valence-corrected chi connectivity index (χ4v) is 7.93. The number of methoxy groups -OCH3 is 1. The van der Waals surface area contributed by atoms with Crippen LogP contribution in [0.25, 0.3) is 11.1 Å². The predicted molar refractivity (Wildman–Crippen MR) is 163 cm³/mol. The molecule has 43 heavy (non-hydrogen) atoms. The van der Waals surface area contributed by atoms with Crippen LogP contribution in [0.15, 0.2) is 48.7 Å². The van der Waals surface area contributed by atoms with Crippen LogP contribution < -0.4 is 9.47 Å². The molecule has 0 bridgehead atoms. The Morgan fingerprint density at radius 1 is 1.09 bits per heavy atom. The van der Waals surface area contributed by atoms with Gasteiger partial charge in [-0.25, -0.2) is 9.37 Å². The van der Waals surface area contributed by atoms with Crippen molar-refractivity contribution in [2.45, 2.75) is 82.9 Å². The van der Waals surface area contributed by atoms with E-state index in [4.69, 9.17) is 9.47 Å². The summed E-state index contributed by atoms with van der Waals surface area (Å²) in [4.78, 5) is 18.5. The highest BCUT2D eigenvalue weighted by atomic mass is 19.1. The number of carboxylic acid groups (broad SMARTS) is 1. The smallest absolute Gasteiger partial charge is 0.306 e. The van der Waals surface area contributed by atoms with Crippen molar-refractivity contribution in [1.82, 2.24) is 9.88 Å². The molecular formula is C36H41FN2O4. The minimum Gasteiger partial charge on any atom is -0.485 e. The first-order chi connectivity index (χ1) is 20.9. The minimum atomic E-state index is -0.744. The first-order valence-electron chi connectivity index (χ1n) is 16.0. The number of benzene rings is 2. The maximum absolute atomic E-state index is 15.2. The molecule has 2 aliphatic carbocycles. The van der Waals surface area contributed by atoms with Gasteiger partial charge in [0.1, 0.15) is 17.7 Å². The number of carbonyl (C=O) groups is 1. The number of carboxylic acids is 1. The average molecular weight is 585 g/mol. The first kappa shape index (κ1) is 28.3. The molecule has 0 radical (unpaired) electrons. The Morgan fingerprint density at radius 3 is 2.70 bits per heavy atom. The van der Waals surface area contributed by atoms with Crippen LogP contribution in [0.5, 0.6) is 11.6 Å². The third kappa shape index (κ3) is 5.52. The number of likely N-dealkylation sites (tertiary alicyclic amines) is 1. The predicted octanol–water partition coefficient (Wildman–Crippen LogP) is 7.55. The van der Waals surface area contributed by atoms with Crippen molar-refractivity contribution in [3.05, 3.63) is 76.7 Å². The number of ether oxygens (including phenoxy) is 2. The van der Waals surface area contributed by atoms with E-state index in [-0.39, 0.29) is 17.8 Å². The molecule has 7 heteroatoms. The number of fused-ring (bicyclic) bond motifs is 2. The van der Waals surface area contributed by atoms with Crippen molar-refractivity contribution >= 4 is 5.97 Å². The van der Waals surface area contributed by atoms with Gasteiger partial charge in [0, 0.05) is 30.8 Å². The van der Waals surface area contributed by atoms with Gasteiger partial charge < -0.3 is 14.6 Å². The molecule has 2 aromatic carbocycles. The summed E-state index contributed by atoms with van der Waals surface area (Å²) in [6, 6.07) is 15.0. The number of aromatic nitrogens is 1. The van der Waals surface area contributed by atoms with Crippen LogP contribution in [-0.2, 0) is 17.8 Å². The Bertz CT molecular complexity index is 1520. The number of hydrogen-bond donors (Lipinski definition) is 1. The van der Waals surface area contributed by atoms with Gasteiger partial charge in [-0.1, -0.05) is 50.1 Å². The van der Waals surface area contributed by atoms with Gasteiger partial charge in [-0.15, -0.1) is 0 Å². The second-order valence-electron chi connectivity index (χ2n) is 13.2. The fourth-order valence-electron chi connectivity index (χ4n) is 7.93. The first-order valence-corrected chi connectivity index (χ1v) is 16.0. The number of pyridine rings is 1. The molecule has 0 amide bonds. The molecular weight excluding hydrogens is 543 g/mol. The van der Waals surface area contributed by atoms with E-state index in [9.17, 15) is 9.90 Å². The van der Waals surface area contributed by atoms with Crippen molar-refractivity contribution in [2.75, 3.05) is 13.7 Å². The summed E-state index contributed by atoms with van der Waals surface area (Å²) in [7, 11) is 1.55. The molecule has 3 aromatic rings. The van der Waals surface area contributed by atoms with Crippen LogP contribution in [0.1, 0.15) is 86.1 Å². The normalized spacial score (nSPS) is 24.6. The number of halogens is 1. The molecule has 2 saturated carbocycles. The summed E-state index contributed by atoms with van der Waals surface area (Å²) in [6.07, 6.45) is 10.2. The molecule has 2 aliphatic heterocycles. The Morgan fingerprint density at radius 2 is 1.93 bits per heavy atom. The van der Waals surface area contributed by atoms with Crippen molar-refractivity contribution in [1.29, 1.82) is 0 Å². The lowest BCUT2D eigenvalue weighted by atomic mass is 9.76.